The molecule has 5 heteroatoms. The molecule has 2 heterocycles. The van der Waals surface area contributed by atoms with Gasteiger partial charge in [0.1, 0.15) is 5.82 Å². The third-order valence-electron chi connectivity index (χ3n) is 3.69. The van der Waals surface area contributed by atoms with Crippen LogP contribution >= 0.6 is 0 Å². The van der Waals surface area contributed by atoms with Crippen molar-refractivity contribution in [1.29, 1.82) is 0 Å². The van der Waals surface area contributed by atoms with Gasteiger partial charge in [0.15, 0.2) is 0 Å². The lowest BCUT2D eigenvalue weighted by molar-refractivity contribution is 0.0926. The van der Waals surface area contributed by atoms with E-state index in [9.17, 15) is 14.0 Å². The molecule has 0 bridgehead atoms. The number of benzene rings is 2. The fraction of sp³-hybridized carbons (Fsp3) is 0. The fourth-order valence-corrected chi connectivity index (χ4v) is 2.65. The highest BCUT2D eigenvalue weighted by Gasteiger charge is 2.36. The molecule has 0 atom stereocenters. The van der Waals surface area contributed by atoms with E-state index in [1.165, 1.54) is 6.07 Å². The third kappa shape index (κ3) is 1.72. The maximum atomic E-state index is 13.2. The molecule has 2 amide bonds. The number of nitrogens with zero attached hydrogens (tertiary/aromatic N) is 2. The molecule has 0 unspecified atom stereocenters. The number of aromatic nitrogens is 1. The van der Waals surface area contributed by atoms with E-state index in [2.05, 4.69) is 4.98 Å². The van der Waals surface area contributed by atoms with Gasteiger partial charge in [-0.15, -0.1) is 0 Å². The van der Waals surface area contributed by atoms with Gasteiger partial charge in [-0.3, -0.25) is 14.6 Å². The normalized spacial score (nSPS) is 13.8. The minimum absolute atomic E-state index is 0.359. The first-order valence-corrected chi connectivity index (χ1v) is 6.68. The number of hydrogen-bond donors (Lipinski definition) is 0. The van der Waals surface area contributed by atoms with Gasteiger partial charge in [0.2, 0.25) is 0 Å². The van der Waals surface area contributed by atoms with Crippen LogP contribution in [-0.4, -0.2) is 16.8 Å². The number of imide groups is 1. The van der Waals surface area contributed by atoms with Gasteiger partial charge in [-0.1, -0.05) is 18.2 Å². The van der Waals surface area contributed by atoms with Crippen LogP contribution in [0, 0.1) is 5.82 Å². The number of halogens is 1. The summed E-state index contributed by atoms with van der Waals surface area (Å²) in [5.41, 5.74) is 1.73. The molecule has 0 fully saturated rings. The molecule has 4 nitrogen and oxygen atoms in total. The van der Waals surface area contributed by atoms with Crippen LogP contribution in [0.15, 0.2) is 54.7 Å². The average Bonchev–Trinajstić information content (AvgIpc) is 2.79. The summed E-state index contributed by atoms with van der Waals surface area (Å²) in [7, 11) is 0. The molecule has 0 spiro atoms. The number of hydrogen-bond acceptors (Lipinski definition) is 3. The van der Waals surface area contributed by atoms with Gasteiger partial charge in [-0.2, -0.15) is 0 Å². The van der Waals surface area contributed by atoms with Gasteiger partial charge in [-0.25, -0.2) is 9.29 Å². The molecule has 4 rings (SSSR count). The summed E-state index contributed by atoms with van der Waals surface area (Å²) in [6.07, 6.45) is 1.11. The van der Waals surface area contributed by atoms with Crippen molar-refractivity contribution in [2.75, 3.05) is 4.90 Å². The Morgan fingerprint density at radius 1 is 0.909 bits per heavy atom. The zero-order valence-corrected chi connectivity index (χ0v) is 11.3. The van der Waals surface area contributed by atoms with Crippen molar-refractivity contribution in [3.63, 3.8) is 0 Å². The van der Waals surface area contributed by atoms with Crippen molar-refractivity contribution < 1.29 is 14.0 Å². The van der Waals surface area contributed by atoms with Crippen LogP contribution in [0.25, 0.3) is 10.9 Å². The topological polar surface area (TPSA) is 50.3 Å². The standard InChI is InChI=1S/C17H9FN2O2/c18-11-7-10-5-6-12(8-15(10)19-9-11)20-16(21)13-3-1-2-4-14(13)17(20)22/h1-9H. The molecular weight excluding hydrogens is 283 g/mol. The predicted octanol–water partition coefficient (Wildman–Crippen LogP) is 3.17. The van der Waals surface area contributed by atoms with Crippen molar-refractivity contribution in [3.8, 4) is 0 Å². The Morgan fingerprint density at radius 2 is 1.59 bits per heavy atom. The quantitative estimate of drug-likeness (QED) is 0.647. The first-order valence-electron chi connectivity index (χ1n) is 6.68. The number of amides is 2. The molecule has 2 aromatic carbocycles. The monoisotopic (exact) mass is 292 g/mol. The third-order valence-corrected chi connectivity index (χ3v) is 3.69. The highest BCUT2D eigenvalue weighted by Crippen LogP contribution is 2.30. The molecule has 0 N–H and O–H groups in total. The maximum absolute atomic E-state index is 13.2. The molecule has 1 aromatic heterocycles. The van der Waals surface area contributed by atoms with Crippen LogP contribution in [0.4, 0.5) is 10.1 Å². The van der Waals surface area contributed by atoms with Crippen molar-refractivity contribution in [3.05, 3.63) is 71.7 Å². The smallest absolute Gasteiger partial charge is 0.266 e. The Bertz CT molecular complexity index is 917. The molecule has 0 radical (unpaired) electrons. The van der Waals surface area contributed by atoms with E-state index < -0.39 is 5.82 Å². The van der Waals surface area contributed by atoms with Gasteiger partial charge in [0.05, 0.1) is 28.5 Å². The molecule has 106 valence electrons. The van der Waals surface area contributed by atoms with Gasteiger partial charge >= 0.3 is 0 Å². The summed E-state index contributed by atoms with van der Waals surface area (Å²) >= 11 is 0. The van der Waals surface area contributed by atoms with E-state index in [4.69, 9.17) is 0 Å². The Hall–Kier alpha value is -3.08. The zero-order chi connectivity index (χ0) is 15.3. The van der Waals surface area contributed by atoms with Crippen molar-refractivity contribution in [2.45, 2.75) is 0 Å². The van der Waals surface area contributed by atoms with Crippen LogP contribution in [0.2, 0.25) is 0 Å². The molecule has 3 aromatic rings. The van der Waals surface area contributed by atoms with Crippen LogP contribution in [-0.2, 0) is 0 Å². The lowest BCUT2D eigenvalue weighted by Gasteiger charge is -2.14. The minimum atomic E-state index is -0.430. The Morgan fingerprint density at radius 3 is 2.27 bits per heavy atom. The Kier molecular flexibility index (Phi) is 2.56. The van der Waals surface area contributed by atoms with Crippen LogP contribution in [0.3, 0.4) is 0 Å². The SMILES string of the molecule is O=C1c2ccccc2C(=O)N1c1ccc2cc(F)cnc2c1. The first-order chi connectivity index (χ1) is 10.6. The Labute approximate surface area is 124 Å². The van der Waals surface area contributed by atoms with Crippen molar-refractivity contribution in [1.82, 2.24) is 4.98 Å². The molecule has 0 saturated carbocycles. The average molecular weight is 292 g/mol. The van der Waals surface area contributed by atoms with E-state index in [-0.39, 0.29) is 11.8 Å². The lowest BCUT2D eigenvalue weighted by atomic mass is 10.1. The van der Waals surface area contributed by atoms with Gasteiger partial charge in [0, 0.05) is 5.39 Å². The summed E-state index contributed by atoms with van der Waals surface area (Å²) < 4.78 is 13.2. The number of carbonyl (C=O) groups is 2. The summed E-state index contributed by atoms with van der Waals surface area (Å²) in [5, 5.41) is 0.611. The second-order valence-corrected chi connectivity index (χ2v) is 5.02. The van der Waals surface area contributed by atoms with Crippen LogP contribution < -0.4 is 4.90 Å². The number of rotatable bonds is 1. The van der Waals surface area contributed by atoms with Crippen molar-refractivity contribution >= 4 is 28.4 Å². The first kappa shape index (κ1) is 12.6. The largest absolute Gasteiger partial charge is 0.268 e. The van der Waals surface area contributed by atoms with E-state index in [1.807, 2.05) is 0 Å². The van der Waals surface area contributed by atoms with E-state index in [1.54, 1.807) is 42.5 Å². The number of fused-ring (bicyclic) bond motifs is 2. The molecule has 0 aliphatic carbocycles. The van der Waals surface area contributed by atoms with E-state index >= 15 is 0 Å². The summed E-state index contributed by atoms with van der Waals surface area (Å²) in [6.45, 7) is 0. The lowest BCUT2D eigenvalue weighted by Crippen LogP contribution is -2.29. The summed E-state index contributed by atoms with van der Waals surface area (Å²) in [5.74, 6) is -1.15. The second kappa shape index (κ2) is 4.46. The highest BCUT2D eigenvalue weighted by atomic mass is 19.1. The van der Waals surface area contributed by atoms with E-state index in [0.717, 1.165) is 11.1 Å². The van der Waals surface area contributed by atoms with E-state index in [0.29, 0.717) is 27.7 Å². The predicted molar refractivity (Wildman–Crippen MR) is 79.3 cm³/mol. The number of pyridine rings is 1. The highest BCUT2D eigenvalue weighted by molar-refractivity contribution is 6.34. The molecule has 1 aliphatic rings. The molecule has 0 saturated heterocycles. The Balaban J connectivity index is 1.85. The maximum Gasteiger partial charge on any atom is 0.266 e. The number of carbonyl (C=O) groups excluding carboxylic acids is 2. The summed E-state index contributed by atoms with van der Waals surface area (Å²) in [6, 6.07) is 12.9. The van der Waals surface area contributed by atoms with Gasteiger partial charge in [-0.05, 0) is 30.3 Å². The zero-order valence-electron chi connectivity index (χ0n) is 11.3. The summed E-state index contributed by atoms with van der Waals surface area (Å²) in [4.78, 5) is 30.0. The fourth-order valence-electron chi connectivity index (χ4n) is 2.65. The molecule has 22 heavy (non-hydrogen) atoms. The molecule has 1 aliphatic heterocycles. The molecular formula is C17H9FN2O2. The van der Waals surface area contributed by atoms with Crippen LogP contribution in [0.5, 0.6) is 0 Å². The van der Waals surface area contributed by atoms with Gasteiger partial charge in [0.25, 0.3) is 11.8 Å². The van der Waals surface area contributed by atoms with Crippen molar-refractivity contribution in [2.24, 2.45) is 0 Å². The van der Waals surface area contributed by atoms with Gasteiger partial charge < -0.3 is 0 Å². The second-order valence-electron chi connectivity index (χ2n) is 5.02. The van der Waals surface area contributed by atoms with Crippen LogP contribution in [0.1, 0.15) is 20.7 Å². The minimum Gasteiger partial charge on any atom is -0.268 e. The number of anilines is 1.